The van der Waals surface area contributed by atoms with Crippen molar-refractivity contribution in [1.29, 1.82) is 0 Å². The summed E-state index contributed by atoms with van der Waals surface area (Å²) in [6.45, 7) is 7.49. The van der Waals surface area contributed by atoms with Crippen molar-refractivity contribution in [2.24, 2.45) is 11.8 Å². The minimum absolute atomic E-state index is 0.665. The van der Waals surface area contributed by atoms with Crippen LogP contribution in [-0.4, -0.2) is 22.7 Å². The molecular weight excluding hydrogens is 214 g/mol. The Morgan fingerprint density at radius 3 is 2.53 bits per heavy atom. The van der Waals surface area contributed by atoms with Crippen LogP contribution in [0.5, 0.6) is 0 Å². The van der Waals surface area contributed by atoms with E-state index in [0.29, 0.717) is 6.04 Å². The van der Waals surface area contributed by atoms with Crippen LogP contribution >= 0.6 is 0 Å². The first-order chi connectivity index (χ1) is 8.13. The first kappa shape index (κ1) is 12.6. The van der Waals surface area contributed by atoms with Crippen LogP contribution in [0.4, 0.5) is 0 Å². The van der Waals surface area contributed by atoms with E-state index in [0.717, 1.165) is 36.5 Å². The Bertz CT molecular complexity index is 340. The standard InChI is InChI=1S/C13H23N3O/c1-9-6-10(2)8-12(7-9)14-5-4-13-15-11(3)16-17-13/h9-10,12,14H,4-8H2,1-3H3. The van der Waals surface area contributed by atoms with Gasteiger partial charge in [0.2, 0.25) is 5.89 Å². The van der Waals surface area contributed by atoms with Gasteiger partial charge in [0, 0.05) is 19.0 Å². The lowest BCUT2D eigenvalue weighted by atomic mass is 9.80. The maximum Gasteiger partial charge on any atom is 0.227 e. The van der Waals surface area contributed by atoms with Crippen molar-refractivity contribution in [1.82, 2.24) is 15.5 Å². The molecule has 2 unspecified atom stereocenters. The highest BCUT2D eigenvalue weighted by Gasteiger charge is 2.23. The molecule has 4 nitrogen and oxygen atoms in total. The fourth-order valence-electron chi connectivity index (χ4n) is 2.94. The lowest BCUT2D eigenvalue weighted by Crippen LogP contribution is -2.37. The Kier molecular flexibility index (Phi) is 4.15. The van der Waals surface area contributed by atoms with Crippen molar-refractivity contribution in [3.05, 3.63) is 11.7 Å². The van der Waals surface area contributed by atoms with Crippen LogP contribution in [-0.2, 0) is 6.42 Å². The molecule has 96 valence electrons. The molecule has 2 rings (SSSR count). The molecular formula is C13H23N3O. The van der Waals surface area contributed by atoms with Crippen molar-refractivity contribution in [2.45, 2.75) is 52.5 Å². The summed E-state index contributed by atoms with van der Waals surface area (Å²) in [6.07, 6.45) is 4.81. The first-order valence-electron chi connectivity index (χ1n) is 6.66. The maximum absolute atomic E-state index is 5.09. The van der Waals surface area contributed by atoms with E-state index in [1.807, 2.05) is 6.92 Å². The molecule has 1 aliphatic carbocycles. The van der Waals surface area contributed by atoms with Gasteiger partial charge in [0.15, 0.2) is 5.82 Å². The van der Waals surface area contributed by atoms with Gasteiger partial charge < -0.3 is 9.84 Å². The quantitative estimate of drug-likeness (QED) is 0.873. The summed E-state index contributed by atoms with van der Waals surface area (Å²) in [6, 6.07) is 0.665. The van der Waals surface area contributed by atoms with Gasteiger partial charge >= 0.3 is 0 Å². The summed E-state index contributed by atoms with van der Waals surface area (Å²) in [5, 5.41) is 7.40. The van der Waals surface area contributed by atoms with E-state index in [9.17, 15) is 0 Å². The van der Waals surface area contributed by atoms with Crippen LogP contribution in [0.2, 0.25) is 0 Å². The highest BCUT2D eigenvalue weighted by atomic mass is 16.5. The molecule has 1 aromatic rings. The predicted octanol–water partition coefficient (Wildman–Crippen LogP) is 2.33. The molecule has 1 fully saturated rings. The molecule has 0 radical (unpaired) electrons. The van der Waals surface area contributed by atoms with Gasteiger partial charge in [-0.1, -0.05) is 19.0 Å². The van der Waals surface area contributed by atoms with Crippen LogP contribution in [0, 0.1) is 18.8 Å². The van der Waals surface area contributed by atoms with Gasteiger partial charge in [-0.25, -0.2) is 0 Å². The van der Waals surface area contributed by atoms with E-state index < -0.39 is 0 Å². The number of rotatable bonds is 4. The highest BCUT2D eigenvalue weighted by Crippen LogP contribution is 2.28. The topological polar surface area (TPSA) is 51.0 Å². The molecule has 0 saturated heterocycles. The van der Waals surface area contributed by atoms with E-state index >= 15 is 0 Å². The summed E-state index contributed by atoms with van der Waals surface area (Å²) in [7, 11) is 0. The van der Waals surface area contributed by atoms with E-state index in [1.165, 1.54) is 19.3 Å². The Balaban J connectivity index is 1.71. The molecule has 1 saturated carbocycles. The van der Waals surface area contributed by atoms with Gasteiger partial charge in [-0.3, -0.25) is 0 Å². The Labute approximate surface area is 103 Å². The van der Waals surface area contributed by atoms with Gasteiger partial charge in [-0.2, -0.15) is 4.98 Å². The Morgan fingerprint density at radius 2 is 1.94 bits per heavy atom. The average Bonchev–Trinajstić information content (AvgIpc) is 2.63. The van der Waals surface area contributed by atoms with E-state index in [4.69, 9.17) is 4.52 Å². The predicted molar refractivity (Wildman–Crippen MR) is 66.7 cm³/mol. The van der Waals surface area contributed by atoms with Crippen molar-refractivity contribution in [3.63, 3.8) is 0 Å². The monoisotopic (exact) mass is 237 g/mol. The van der Waals surface area contributed by atoms with E-state index in [1.54, 1.807) is 0 Å². The van der Waals surface area contributed by atoms with Crippen molar-refractivity contribution < 1.29 is 4.52 Å². The van der Waals surface area contributed by atoms with Gasteiger partial charge in [0.1, 0.15) is 0 Å². The number of aryl methyl sites for hydroxylation is 1. The molecule has 0 aliphatic heterocycles. The second-order valence-electron chi connectivity index (χ2n) is 5.55. The molecule has 4 heteroatoms. The van der Waals surface area contributed by atoms with Gasteiger partial charge in [0.05, 0.1) is 0 Å². The maximum atomic E-state index is 5.09. The summed E-state index contributed by atoms with van der Waals surface area (Å²) < 4.78 is 5.09. The lowest BCUT2D eigenvalue weighted by Gasteiger charge is -2.32. The van der Waals surface area contributed by atoms with Crippen LogP contribution < -0.4 is 5.32 Å². The van der Waals surface area contributed by atoms with Crippen LogP contribution in [0.1, 0.15) is 44.8 Å². The minimum Gasteiger partial charge on any atom is -0.339 e. The summed E-state index contributed by atoms with van der Waals surface area (Å²) in [5.41, 5.74) is 0. The van der Waals surface area contributed by atoms with Gasteiger partial charge in [-0.15, -0.1) is 0 Å². The highest BCUT2D eigenvalue weighted by molar-refractivity contribution is 4.85. The second kappa shape index (κ2) is 5.63. The molecule has 1 N–H and O–H groups in total. The first-order valence-corrected chi connectivity index (χ1v) is 6.66. The van der Waals surface area contributed by atoms with Crippen LogP contribution in [0.25, 0.3) is 0 Å². The molecule has 1 aliphatic rings. The second-order valence-corrected chi connectivity index (χ2v) is 5.55. The molecule has 1 aromatic heterocycles. The van der Waals surface area contributed by atoms with Crippen LogP contribution in [0.3, 0.4) is 0 Å². The summed E-state index contributed by atoms with van der Waals surface area (Å²) >= 11 is 0. The number of nitrogens with one attached hydrogen (secondary N) is 1. The smallest absolute Gasteiger partial charge is 0.227 e. The third-order valence-electron chi connectivity index (χ3n) is 3.52. The number of hydrogen-bond acceptors (Lipinski definition) is 4. The zero-order chi connectivity index (χ0) is 12.3. The molecule has 0 spiro atoms. The largest absolute Gasteiger partial charge is 0.339 e. The lowest BCUT2D eigenvalue weighted by molar-refractivity contribution is 0.238. The van der Waals surface area contributed by atoms with E-state index in [-0.39, 0.29) is 0 Å². The van der Waals surface area contributed by atoms with Gasteiger partial charge in [-0.05, 0) is 38.0 Å². The number of nitrogens with zero attached hydrogens (tertiary/aromatic N) is 2. The molecule has 0 bridgehead atoms. The number of aromatic nitrogens is 2. The molecule has 0 amide bonds. The van der Waals surface area contributed by atoms with Crippen molar-refractivity contribution >= 4 is 0 Å². The zero-order valence-electron chi connectivity index (χ0n) is 11.1. The third kappa shape index (κ3) is 3.80. The van der Waals surface area contributed by atoms with Gasteiger partial charge in [0.25, 0.3) is 0 Å². The zero-order valence-corrected chi connectivity index (χ0v) is 11.1. The van der Waals surface area contributed by atoms with E-state index in [2.05, 4.69) is 29.3 Å². The fraction of sp³-hybridized carbons (Fsp3) is 0.846. The van der Waals surface area contributed by atoms with Crippen molar-refractivity contribution in [2.75, 3.05) is 6.54 Å². The molecule has 17 heavy (non-hydrogen) atoms. The fourth-order valence-corrected chi connectivity index (χ4v) is 2.94. The minimum atomic E-state index is 0.665. The summed E-state index contributed by atoms with van der Waals surface area (Å²) in [4.78, 5) is 4.21. The molecule has 2 atom stereocenters. The SMILES string of the molecule is Cc1noc(CCNC2CC(C)CC(C)C2)n1. The Hall–Kier alpha value is -0.900. The third-order valence-corrected chi connectivity index (χ3v) is 3.52. The van der Waals surface area contributed by atoms with Crippen molar-refractivity contribution in [3.8, 4) is 0 Å². The number of hydrogen-bond donors (Lipinski definition) is 1. The Morgan fingerprint density at radius 1 is 1.24 bits per heavy atom. The van der Waals surface area contributed by atoms with Crippen LogP contribution in [0.15, 0.2) is 4.52 Å². The normalized spacial score (nSPS) is 29.5. The average molecular weight is 237 g/mol. The summed E-state index contributed by atoms with van der Waals surface area (Å²) in [5.74, 6) is 3.16. The molecule has 0 aromatic carbocycles. The molecule has 1 heterocycles.